The Hall–Kier alpha value is -2.37. The van der Waals surface area contributed by atoms with Gasteiger partial charge in [0.25, 0.3) is 0 Å². The van der Waals surface area contributed by atoms with Gasteiger partial charge in [0.2, 0.25) is 11.8 Å². The van der Waals surface area contributed by atoms with Crippen LogP contribution in [0.25, 0.3) is 0 Å². The third-order valence-corrected chi connectivity index (χ3v) is 4.70. The van der Waals surface area contributed by atoms with Gasteiger partial charge in [-0.05, 0) is 24.3 Å². The number of rotatable bonds is 10. The molecule has 0 aromatic heterocycles. The molecule has 26 heavy (non-hydrogen) atoms. The second-order valence-corrected chi connectivity index (χ2v) is 7.02. The van der Waals surface area contributed by atoms with Gasteiger partial charge in [-0.15, -0.1) is 0 Å². The van der Waals surface area contributed by atoms with Gasteiger partial charge in [-0.2, -0.15) is 0 Å². The third kappa shape index (κ3) is 5.86. The summed E-state index contributed by atoms with van der Waals surface area (Å²) in [5.41, 5.74) is -0.338. The molecule has 0 bridgehead atoms. The lowest BCUT2D eigenvalue weighted by atomic mass is 9.82. The maximum Gasteiger partial charge on any atom is 0.311 e. The van der Waals surface area contributed by atoms with Gasteiger partial charge in [0.15, 0.2) is 0 Å². The molecular weight excluding hydrogens is 332 g/mol. The van der Waals surface area contributed by atoms with Gasteiger partial charge in [0.1, 0.15) is 6.04 Å². The summed E-state index contributed by atoms with van der Waals surface area (Å²) in [6.07, 6.45) is 1.14. The largest absolute Gasteiger partial charge is 0.481 e. The molecule has 3 N–H and O–H groups in total. The lowest BCUT2D eigenvalue weighted by Gasteiger charge is -2.28. The van der Waals surface area contributed by atoms with Crippen molar-refractivity contribution >= 4 is 17.8 Å². The normalized spacial score (nSPS) is 12.5. The molecule has 1 aromatic carbocycles. The molecule has 0 aliphatic heterocycles. The number of carbonyl (C=O) groups excluding carboxylic acids is 2. The molecule has 6 heteroatoms. The fraction of sp³-hybridized carbons (Fsp3) is 0.550. The number of benzene rings is 1. The zero-order valence-corrected chi connectivity index (χ0v) is 16.0. The van der Waals surface area contributed by atoms with Crippen molar-refractivity contribution in [2.75, 3.05) is 6.54 Å². The van der Waals surface area contributed by atoms with Crippen molar-refractivity contribution in [3.8, 4) is 0 Å². The molecule has 0 fully saturated rings. The summed E-state index contributed by atoms with van der Waals surface area (Å²) in [7, 11) is 0. The molecule has 0 aliphatic carbocycles. The third-order valence-electron chi connectivity index (χ3n) is 4.70. The van der Waals surface area contributed by atoms with Crippen molar-refractivity contribution in [1.82, 2.24) is 10.6 Å². The van der Waals surface area contributed by atoms with Crippen LogP contribution >= 0.6 is 0 Å². The number of nitrogens with one attached hydrogen (secondary N) is 2. The van der Waals surface area contributed by atoms with E-state index < -0.39 is 23.3 Å². The summed E-state index contributed by atoms with van der Waals surface area (Å²) in [5.74, 6) is -1.36. The SMILES string of the molecule is CCC(CC)(CNC(=O)C(NC(=O)CC(C)C)c1ccccc1)C(=O)O. The predicted molar refractivity (Wildman–Crippen MR) is 100 cm³/mol. The minimum atomic E-state index is -1.00. The first kappa shape index (κ1) is 21.7. The van der Waals surface area contributed by atoms with Crippen LogP contribution in [-0.4, -0.2) is 29.4 Å². The molecule has 1 unspecified atom stereocenters. The summed E-state index contributed by atoms with van der Waals surface area (Å²) < 4.78 is 0. The van der Waals surface area contributed by atoms with Crippen LogP contribution in [0.5, 0.6) is 0 Å². The van der Waals surface area contributed by atoms with E-state index in [0.29, 0.717) is 24.8 Å². The Morgan fingerprint density at radius 2 is 1.65 bits per heavy atom. The predicted octanol–water partition coefficient (Wildman–Crippen LogP) is 2.90. The molecule has 1 aromatic rings. The van der Waals surface area contributed by atoms with Gasteiger partial charge in [-0.3, -0.25) is 14.4 Å². The summed E-state index contributed by atoms with van der Waals surface area (Å²) in [5, 5.41) is 15.0. The highest BCUT2D eigenvalue weighted by atomic mass is 16.4. The minimum absolute atomic E-state index is 0.0253. The van der Waals surface area contributed by atoms with E-state index in [1.54, 1.807) is 38.1 Å². The second-order valence-electron chi connectivity index (χ2n) is 7.02. The van der Waals surface area contributed by atoms with Crippen LogP contribution in [0, 0.1) is 11.3 Å². The number of carboxylic acid groups (broad SMARTS) is 1. The lowest BCUT2D eigenvalue weighted by Crippen LogP contribution is -2.47. The van der Waals surface area contributed by atoms with Crippen LogP contribution < -0.4 is 10.6 Å². The van der Waals surface area contributed by atoms with E-state index in [2.05, 4.69) is 10.6 Å². The van der Waals surface area contributed by atoms with Gasteiger partial charge in [0, 0.05) is 13.0 Å². The van der Waals surface area contributed by atoms with Crippen LogP contribution in [0.1, 0.15) is 58.6 Å². The molecule has 0 aliphatic rings. The van der Waals surface area contributed by atoms with Crippen molar-refractivity contribution in [1.29, 1.82) is 0 Å². The molecule has 1 atom stereocenters. The van der Waals surface area contributed by atoms with E-state index in [9.17, 15) is 19.5 Å². The standard InChI is InChI=1S/C20H30N2O4/c1-5-20(6-2,19(25)26)13-21-18(24)17(15-10-8-7-9-11-15)22-16(23)12-14(3)4/h7-11,14,17H,5-6,12-13H2,1-4H3,(H,21,24)(H,22,23)(H,25,26). The molecule has 2 amide bonds. The van der Waals surface area contributed by atoms with Crippen LogP contribution in [0.4, 0.5) is 0 Å². The Labute approximate surface area is 155 Å². The molecule has 1 rings (SSSR count). The van der Waals surface area contributed by atoms with Crippen LogP contribution in [0.3, 0.4) is 0 Å². The molecule has 6 nitrogen and oxygen atoms in total. The van der Waals surface area contributed by atoms with Crippen molar-refractivity contribution in [3.05, 3.63) is 35.9 Å². The highest BCUT2D eigenvalue weighted by molar-refractivity contribution is 5.89. The topological polar surface area (TPSA) is 95.5 Å². The average Bonchev–Trinajstić information content (AvgIpc) is 2.60. The maximum absolute atomic E-state index is 12.7. The van der Waals surface area contributed by atoms with E-state index in [1.807, 2.05) is 19.9 Å². The first-order valence-corrected chi connectivity index (χ1v) is 9.11. The fourth-order valence-electron chi connectivity index (χ4n) is 2.77. The maximum atomic E-state index is 12.7. The van der Waals surface area contributed by atoms with E-state index in [1.165, 1.54) is 0 Å². The Balaban J connectivity index is 2.94. The molecule has 0 heterocycles. The number of carboxylic acids is 1. The van der Waals surface area contributed by atoms with Crippen molar-refractivity contribution in [2.45, 2.75) is 53.0 Å². The number of hydrogen-bond acceptors (Lipinski definition) is 3. The summed E-state index contributed by atoms with van der Waals surface area (Å²) in [6.45, 7) is 7.48. The van der Waals surface area contributed by atoms with E-state index in [4.69, 9.17) is 0 Å². The Morgan fingerprint density at radius 1 is 1.08 bits per heavy atom. The smallest absolute Gasteiger partial charge is 0.311 e. The first-order valence-electron chi connectivity index (χ1n) is 9.11. The zero-order chi connectivity index (χ0) is 19.7. The van der Waals surface area contributed by atoms with Crippen molar-refractivity contribution in [2.24, 2.45) is 11.3 Å². The van der Waals surface area contributed by atoms with Crippen LogP contribution in [-0.2, 0) is 14.4 Å². The van der Waals surface area contributed by atoms with E-state index in [-0.39, 0.29) is 18.4 Å². The number of hydrogen-bond donors (Lipinski definition) is 3. The van der Waals surface area contributed by atoms with Crippen molar-refractivity contribution in [3.63, 3.8) is 0 Å². The summed E-state index contributed by atoms with van der Waals surface area (Å²) in [4.78, 5) is 36.5. The lowest BCUT2D eigenvalue weighted by molar-refractivity contribution is -0.149. The van der Waals surface area contributed by atoms with Gasteiger partial charge in [-0.25, -0.2) is 0 Å². The monoisotopic (exact) mass is 362 g/mol. The Kier molecular flexibility index (Phi) is 8.29. The number of carbonyl (C=O) groups is 3. The summed E-state index contributed by atoms with van der Waals surface area (Å²) in [6, 6.07) is 8.11. The van der Waals surface area contributed by atoms with E-state index >= 15 is 0 Å². The first-order chi connectivity index (χ1) is 12.3. The van der Waals surface area contributed by atoms with Gasteiger partial charge in [-0.1, -0.05) is 58.0 Å². The quantitative estimate of drug-likeness (QED) is 0.596. The fourth-order valence-corrected chi connectivity index (χ4v) is 2.77. The number of aliphatic carboxylic acids is 1. The van der Waals surface area contributed by atoms with Crippen LogP contribution in [0.2, 0.25) is 0 Å². The second kappa shape index (κ2) is 9.94. The van der Waals surface area contributed by atoms with Crippen molar-refractivity contribution < 1.29 is 19.5 Å². The Bertz CT molecular complexity index is 609. The minimum Gasteiger partial charge on any atom is -0.481 e. The average molecular weight is 362 g/mol. The molecule has 0 radical (unpaired) electrons. The molecule has 0 saturated carbocycles. The van der Waals surface area contributed by atoms with Gasteiger partial charge in [0.05, 0.1) is 5.41 Å². The van der Waals surface area contributed by atoms with E-state index in [0.717, 1.165) is 0 Å². The Morgan fingerprint density at radius 3 is 2.12 bits per heavy atom. The highest BCUT2D eigenvalue weighted by Crippen LogP contribution is 2.26. The van der Waals surface area contributed by atoms with Gasteiger partial charge < -0.3 is 15.7 Å². The zero-order valence-electron chi connectivity index (χ0n) is 16.0. The highest BCUT2D eigenvalue weighted by Gasteiger charge is 2.36. The van der Waals surface area contributed by atoms with Crippen LogP contribution in [0.15, 0.2) is 30.3 Å². The molecular formula is C20H30N2O4. The number of amides is 2. The molecule has 144 valence electrons. The molecule has 0 spiro atoms. The van der Waals surface area contributed by atoms with Gasteiger partial charge >= 0.3 is 5.97 Å². The summed E-state index contributed by atoms with van der Waals surface area (Å²) >= 11 is 0. The molecule has 0 saturated heterocycles.